The van der Waals surface area contributed by atoms with Gasteiger partial charge in [-0.1, -0.05) is 0 Å². The van der Waals surface area contributed by atoms with Gasteiger partial charge in [0.1, 0.15) is 0 Å². The van der Waals surface area contributed by atoms with Crippen molar-refractivity contribution in [3.63, 3.8) is 0 Å². The Morgan fingerprint density at radius 1 is 1.71 bits per heavy atom. The normalized spacial score (nSPS) is 18.4. The largest absolute Gasteiger partial charge is 0.383 e. The molecule has 1 aromatic rings. The van der Waals surface area contributed by atoms with Crippen molar-refractivity contribution in [2.45, 2.75) is 25.3 Å². The first-order chi connectivity index (χ1) is 6.79. The van der Waals surface area contributed by atoms with Crippen molar-refractivity contribution in [1.29, 1.82) is 0 Å². The molecule has 0 aromatic carbocycles. The van der Waals surface area contributed by atoms with Crippen LogP contribution in [0.4, 0.5) is 0 Å². The van der Waals surface area contributed by atoms with E-state index in [9.17, 15) is 0 Å². The summed E-state index contributed by atoms with van der Waals surface area (Å²) in [6, 6.07) is -0.0656. The molecule has 0 amide bonds. The molecular formula is C10H16N2OS. The van der Waals surface area contributed by atoms with E-state index in [-0.39, 0.29) is 6.04 Å². The SMILES string of the molecule is COCC(N)c1csc(CC2CC2)n1. The Hall–Kier alpha value is -0.450. The van der Waals surface area contributed by atoms with Gasteiger partial charge >= 0.3 is 0 Å². The van der Waals surface area contributed by atoms with Crippen molar-refractivity contribution >= 4 is 11.3 Å². The van der Waals surface area contributed by atoms with Crippen LogP contribution in [0.15, 0.2) is 5.38 Å². The van der Waals surface area contributed by atoms with Gasteiger partial charge in [0.15, 0.2) is 0 Å². The first kappa shape index (κ1) is 10.1. The van der Waals surface area contributed by atoms with Gasteiger partial charge < -0.3 is 10.5 Å². The van der Waals surface area contributed by atoms with E-state index in [2.05, 4.69) is 10.4 Å². The van der Waals surface area contributed by atoms with E-state index < -0.39 is 0 Å². The number of nitrogens with two attached hydrogens (primary N) is 1. The molecular weight excluding hydrogens is 196 g/mol. The average Bonchev–Trinajstić information content (AvgIpc) is 2.82. The minimum absolute atomic E-state index is 0.0656. The number of thiazole rings is 1. The van der Waals surface area contributed by atoms with Gasteiger partial charge in [-0.15, -0.1) is 11.3 Å². The molecule has 0 spiro atoms. The molecule has 1 aromatic heterocycles. The van der Waals surface area contributed by atoms with Crippen LogP contribution in [0.2, 0.25) is 0 Å². The lowest BCUT2D eigenvalue weighted by Gasteiger charge is -2.05. The number of rotatable bonds is 5. The van der Waals surface area contributed by atoms with Gasteiger partial charge in [-0.05, 0) is 18.8 Å². The van der Waals surface area contributed by atoms with Gasteiger partial charge in [0.25, 0.3) is 0 Å². The van der Waals surface area contributed by atoms with Gasteiger partial charge in [0, 0.05) is 18.9 Å². The summed E-state index contributed by atoms with van der Waals surface area (Å²) in [4.78, 5) is 4.52. The van der Waals surface area contributed by atoms with Crippen LogP contribution < -0.4 is 5.73 Å². The lowest BCUT2D eigenvalue weighted by molar-refractivity contribution is 0.180. The Labute approximate surface area is 88.3 Å². The molecule has 1 fully saturated rings. The maximum absolute atomic E-state index is 5.88. The fourth-order valence-electron chi connectivity index (χ4n) is 1.42. The van der Waals surface area contributed by atoms with E-state index in [0.29, 0.717) is 6.61 Å². The molecule has 1 aliphatic rings. The highest BCUT2D eigenvalue weighted by Gasteiger charge is 2.23. The first-order valence-electron chi connectivity index (χ1n) is 4.98. The monoisotopic (exact) mass is 212 g/mol. The number of aromatic nitrogens is 1. The standard InChI is InChI=1S/C10H16N2OS/c1-13-5-8(11)9-6-14-10(12-9)4-7-2-3-7/h6-8H,2-5,11H2,1H3. The number of methoxy groups -OCH3 is 1. The third-order valence-electron chi connectivity index (χ3n) is 2.46. The maximum atomic E-state index is 5.88. The maximum Gasteiger partial charge on any atom is 0.0931 e. The van der Waals surface area contributed by atoms with Gasteiger partial charge in [0.05, 0.1) is 23.4 Å². The second kappa shape index (κ2) is 4.38. The van der Waals surface area contributed by atoms with Crippen LogP contribution in [-0.4, -0.2) is 18.7 Å². The number of hydrogen-bond donors (Lipinski definition) is 1. The zero-order valence-electron chi connectivity index (χ0n) is 8.40. The number of ether oxygens (including phenoxy) is 1. The molecule has 0 bridgehead atoms. The first-order valence-corrected chi connectivity index (χ1v) is 5.86. The second-order valence-electron chi connectivity index (χ2n) is 3.88. The molecule has 0 aliphatic heterocycles. The minimum atomic E-state index is -0.0656. The number of hydrogen-bond acceptors (Lipinski definition) is 4. The summed E-state index contributed by atoms with van der Waals surface area (Å²) in [6.07, 6.45) is 3.89. The van der Waals surface area contributed by atoms with Crippen LogP contribution in [0.25, 0.3) is 0 Å². The molecule has 0 radical (unpaired) electrons. The van der Waals surface area contributed by atoms with Crippen molar-refractivity contribution in [1.82, 2.24) is 4.98 Å². The van der Waals surface area contributed by atoms with E-state index in [4.69, 9.17) is 10.5 Å². The van der Waals surface area contributed by atoms with E-state index in [0.717, 1.165) is 18.0 Å². The molecule has 1 unspecified atom stereocenters. The quantitative estimate of drug-likeness (QED) is 0.808. The van der Waals surface area contributed by atoms with Crippen molar-refractivity contribution < 1.29 is 4.74 Å². The zero-order chi connectivity index (χ0) is 9.97. The van der Waals surface area contributed by atoms with E-state index in [1.165, 1.54) is 17.8 Å². The summed E-state index contributed by atoms with van der Waals surface area (Å²) in [6.45, 7) is 0.548. The molecule has 78 valence electrons. The highest BCUT2D eigenvalue weighted by atomic mass is 32.1. The van der Waals surface area contributed by atoms with Crippen LogP contribution in [0.1, 0.15) is 29.6 Å². The lowest BCUT2D eigenvalue weighted by atomic mass is 10.2. The topological polar surface area (TPSA) is 48.1 Å². The fraction of sp³-hybridized carbons (Fsp3) is 0.700. The van der Waals surface area contributed by atoms with Crippen LogP contribution in [0.3, 0.4) is 0 Å². The minimum Gasteiger partial charge on any atom is -0.383 e. The summed E-state index contributed by atoms with van der Waals surface area (Å²) in [7, 11) is 1.66. The zero-order valence-corrected chi connectivity index (χ0v) is 9.22. The van der Waals surface area contributed by atoms with Crippen LogP contribution in [0.5, 0.6) is 0 Å². The molecule has 3 nitrogen and oxygen atoms in total. The third-order valence-corrected chi connectivity index (χ3v) is 3.35. The van der Waals surface area contributed by atoms with Gasteiger partial charge in [-0.25, -0.2) is 4.98 Å². The van der Waals surface area contributed by atoms with Gasteiger partial charge in [-0.3, -0.25) is 0 Å². The molecule has 1 aliphatic carbocycles. The predicted octanol–water partition coefficient (Wildman–Crippen LogP) is 1.74. The Morgan fingerprint density at radius 3 is 3.14 bits per heavy atom. The molecule has 1 saturated carbocycles. The Balaban J connectivity index is 1.93. The molecule has 1 heterocycles. The summed E-state index contributed by atoms with van der Waals surface area (Å²) >= 11 is 1.73. The fourth-order valence-corrected chi connectivity index (χ4v) is 2.40. The van der Waals surface area contributed by atoms with Crippen LogP contribution in [-0.2, 0) is 11.2 Å². The molecule has 1 atom stereocenters. The average molecular weight is 212 g/mol. The summed E-state index contributed by atoms with van der Waals surface area (Å²) in [5.41, 5.74) is 6.86. The highest BCUT2D eigenvalue weighted by Crippen LogP contribution is 2.33. The smallest absolute Gasteiger partial charge is 0.0931 e. The Kier molecular flexibility index (Phi) is 3.15. The van der Waals surface area contributed by atoms with Crippen molar-refractivity contribution in [2.24, 2.45) is 11.7 Å². The summed E-state index contributed by atoms with van der Waals surface area (Å²) in [5.74, 6) is 0.896. The molecule has 0 saturated heterocycles. The second-order valence-corrected chi connectivity index (χ2v) is 4.82. The summed E-state index contributed by atoms with van der Waals surface area (Å²) < 4.78 is 5.00. The van der Waals surface area contributed by atoms with Crippen molar-refractivity contribution in [3.05, 3.63) is 16.1 Å². The van der Waals surface area contributed by atoms with Crippen molar-refractivity contribution in [3.8, 4) is 0 Å². The van der Waals surface area contributed by atoms with E-state index >= 15 is 0 Å². The summed E-state index contributed by atoms with van der Waals surface area (Å²) in [5, 5.41) is 3.29. The number of nitrogens with zero attached hydrogens (tertiary/aromatic N) is 1. The van der Waals surface area contributed by atoms with Crippen LogP contribution >= 0.6 is 11.3 Å². The van der Waals surface area contributed by atoms with Crippen LogP contribution in [0, 0.1) is 5.92 Å². The highest BCUT2D eigenvalue weighted by molar-refractivity contribution is 7.09. The van der Waals surface area contributed by atoms with Gasteiger partial charge in [0.2, 0.25) is 0 Å². The molecule has 4 heteroatoms. The van der Waals surface area contributed by atoms with E-state index in [1.54, 1.807) is 18.4 Å². The molecule has 2 N–H and O–H groups in total. The van der Waals surface area contributed by atoms with Gasteiger partial charge in [-0.2, -0.15) is 0 Å². The predicted molar refractivity (Wildman–Crippen MR) is 57.3 cm³/mol. The lowest BCUT2D eigenvalue weighted by Crippen LogP contribution is -2.16. The molecule has 14 heavy (non-hydrogen) atoms. The van der Waals surface area contributed by atoms with Crippen molar-refractivity contribution in [2.75, 3.05) is 13.7 Å². The molecule has 2 rings (SSSR count). The van der Waals surface area contributed by atoms with E-state index in [1.807, 2.05) is 0 Å². The Morgan fingerprint density at radius 2 is 2.50 bits per heavy atom. The Bertz CT molecular complexity index is 296. The third kappa shape index (κ3) is 2.53.